The van der Waals surface area contributed by atoms with Crippen molar-refractivity contribution in [3.63, 3.8) is 0 Å². The van der Waals surface area contributed by atoms with E-state index in [1.807, 2.05) is 57.3 Å². The predicted octanol–water partition coefficient (Wildman–Crippen LogP) is 5.39. The molecule has 4 heterocycles. The van der Waals surface area contributed by atoms with Gasteiger partial charge in [-0.2, -0.15) is 5.10 Å². The summed E-state index contributed by atoms with van der Waals surface area (Å²) in [6.45, 7) is 14.6. The second kappa shape index (κ2) is 13.9. The number of rotatable bonds is 7. The van der Waals surface area contributed by atoms with Gasteiger partial charge in [0.25, 0.3) is 5.91 Å². The van der Waals surface area contributed by atoms with Crippen LogP contribution in [0.2, 0.25) is 0 Å². The Morgan fingerprint density at radius 2 is 1.40 bits per heavy atom. The highest BCUT2D eigenvalue weighted by molar-refractivity contribution is 5.85. The standard InChI is InChI=1S/C37H46F2N8O3/c1-25-26(2)41-46(27(25)3)23-32-24-47(42-40-32)37(15-17-45(18-16-37)35(49)50-36(4,5)6)34(48)44-21-19-43(20-22-44)33(28-7-11-30(38)12-8-28)29-9-13-31(39)14-10-29/h7-14,24,33H,15-23H2,1-6H3. The number of likely N-dealkylation sites (tertiary alicyclic amines) is 1. The third kappa shape index (κ3) is 7.28. The molecule has 11 nitrogen and oxygen atoms in total. The van der Waals surface area contributed by atoms with E-state index in [0.717, 1.165) is 28.1 Å². The predicted molar refractivity (Wildman–Crippen MR) is 183 cm³/mol. The first-order chi connectivity index (χ1) is 23.7. The van der Waals surface area contributed by atoms with Gasteiger partial charge < -0.3 is 14.5 Å². The van der Waals surface area contributed by atoms with Crippen LogP contribution in [0.4, 0.5) is 13.6 Å². The van der Waals surface area contributed by atoms with Crippen molar-refractivity contribution in [3.05, 3.63) is 100 Å². The van der Waals surface area contributed by atoms with Crippen LogP contribution in [0.3, 0.4) is 0 Å². The maximum Gasteiger partial charge on any atom is 0.410 e. The van der Waals surface area contributed by atoms with Gasteiger partial charge in [0.15, 0.2) is 0 Å². The van der Waals surface area contributed by atoms with Crippen molar-refractivity contribution in [2.24, 2.45) is 0 Å². The van der Waals surface area contributed by atoms with E-state index in [-0.39, 0.29) is 23.6 Å². The Morgan fingerprint density at radius 1 is 0.840 bits per heavy atom. The average molecular weight is 689 g/mol. The number of piperazine rings is 1. The number of halogens is 2. The highest BCUT2D eigenvalue weighted by Gasteiger charge is 2.48. The Morgan fingerprint density at radius 3 is 1.90 bits per heavy atom. The molecule has 13 heteroatoms. The van der Waals surface area contributed by atoms with Crippen LogP contribution in [0.5, 0.6) is 0 Å². The van der Waals surface area contributed by atoms with E-state index in [0.29, 0.717) is 64.3 Å². The molecule has 266 valence electrons. The van der Waals surface area contributed by atoms with Crippen molar-refractivity contribution in [2.45, 2.75) is 78.1 Å². The molecule has 6 rings (SSSR count). The Bertz CT molecular complexity index is 1770. The molecule has 4 aromatic rings. The molecule has 0 saturated carbocycles. The minimum absolute atomic E-state index is 0.0699. The number of benzene rings is 2. The van der Waals surface area contributed by atoms with Crippen molar-refractivity contribution in [3.8, 4) is 0 Å². The molecular formula is C37H46F2N8O3. The van der Waals surface area contributed by atoms with Crippen LogP contribution in [0.1, 0.15) is 73.4 Å². The van der Waals surface area contributed by atoms with Crippen molar-refractivity contribution in [1.29, 1.82) is 0 Å². The molecule has 2 aliphatic rings. The SMILES string of the molecule is Cc1nn(Cc2cn(C3(C(=O)N4CCN(C(c5ccc(F)cc5)c5ccc(F)cc5)CC4)CCN(C(=O)OC(C)(C)C)CC3)nn2)c(C)c1C. The Hall–Kier alpha value is -4.65. The van der Waals surface area contributed by atoms with Gasteiger partial charge in [-0.3, -0.25) is 14.4 Å². The number of carbonyl (C=O) groups excluding carboxylic acids is 2. The molecule has 0 atom stereocenters. The summed E-state index contributed by atoms with van der Waals surface area (Å²) in [5.74, 6) is -0.725. The molecule has 0 spiro atoms. The van der Waals surface area contributed by atoms with Gasteiger partial charge in [0.05, 0.1) is 24.5 Å². The third-order valence-electron chi connectivity index (χ3n) is 10.0. The van der Waals surface area contributed by atoms with E-state index in [4.69, 9.17) is 4.74 Å². The van der Waals surface area contributed by atoms with E-state index in [9.17, 15) is 18.4 Å². The zero-order valence-electron chi connectivity index (χ0n) is 29.7. The number of hydrogen-bond donors (Lipinski definition) is 0. The monoisotopic (exact) mass is 688 g/mol. The topological polar surface area (TPSA) is 102 Å². The molecule has 2 aliphatic heterocycles. The Labute approximate surface area is 291 Å². The van der Waals surface area contributed by atoms with Crippen molar-refractivity contribution < 1.29 is 23.1 Å². The minimum atomic E-state index is -1.05. The zero-order valence-corrected chi connectivity index (χ0v) is 29.7. The fraction of sp³-hybridized carbons (Fsp3) is 0.486. The fourth-order valence-corrected chi connectivity index (χ4v) is 6.98. The first-order valence-corrected chi connectivity index (χ1v) is 17.2. The summed E-state index contributed by atoms with van der Waals surface area (Å²) in [6.07, 6.45) is 2.13. The lowest BCUT2D eigenvalue weighted by Gasteiger charge is -2.45. The molecule has 0 aliphatic carbocycles. The molecule has 0 bridgehead atoms. The van der Waals surface area contributed by atoms with Crippen LogP contribution in [-0.2, 0) is 21.6 Å². The summed E-state index contributed by atoms with van der Waals surface area (Å²) < 4.78 is 37.0. The van der Waals surface area contributed by atoms with Crippen LogP contribution in [0.25, 0.3) is 0 Å². The summed E-state index contributed by atoms with van der Waals surface area (Å²) in [5.41, 5.74) is 3.89. The normalized spacial score (nSPS) is 17.0. The van der Waals surface area contributed by atoms with Crippen molar-refractivity contribution >= 4 is 12.0 Å². The van der Waals surface area contributed by atoms with Crippen LogP contribution in [0, 0.1) is 32.4 Å². The lowest BCUT2D eigenvalue weighted by atomic mass is 9.85. The minimum Gasteiger partial charge on any atom is -0.444 e. The van der Waals surface area contributed by atoms with E-state index in [2.05, 4.69) is 20.3 Å². The van der Waals surface area contributed by atoms with Gasteiger partial charge in [0, 0.05) is 45.0 Å². The summed E-state index contributed by atoms with van der Waals surface area (Å²) in [6, 6.07) is 12.5. The summed E-state index contributed by atoms with van der Waals surface area (Å²) in [4.78, 5) is 33.5. The number of hydrogen-bond acceptors (Lipinski definition) is 7. The lowest BCUT2D eigenvalue weighted by Crippen LogP contribution is -2.60. The summed E-state index contributed by atoms with van der Waals surface area (Å²) >= 11 is 0. The maximum absolute atomic E-state index is 14.7. The van der Waals surface area contributed by atoms with E-state index < -0.39 is 17.2 Å². The highest BCUT2D eigenvalue weighted by Crippen LogP contribution is 2.35. The fourth-order valence-electron chi connectivity index (χ4n) is 6.98. The number of aryl methyl sites for hydroxylation is 1. The zero-order chi connectivity index (χ0) is 35.8. The molecule has 0 radical (unpaired) electrons. The molecule has 0 N–H and O–H groups in total. The average Bonchev–Trinajstić information content (AvgIpc) is 3.66. The molecular weight excluding hydrogens is 642 g/mol. The second-order valence-corrected chi connectivity index (χ2v) is 14.4. The molecule has 50 heavy (non-hydrogen) atoms. The van der Waals surface area contributed by atoms with Gasteiger partial charge in [-0.15, -0.1) is 5.10 Å². The Balaban J connectivity index is 1.24. The summed E-state index contributed by atoms with van der Waals surface area (Å²) in [7, 11) is 0. The maximum atomic E-state index is 14.7. The molecule has 2 aromatic heterocycles. The summed E-state index contributed by atoms with van der Waals surface area (Å²) in [5, 5.41) is 13.6. The van der Waals surface area contributed by atoms with E-state index in [1.165, 1.54) is 24.3 Å². The van der Waals surface area contributed by atoms with Gasteiger partial charge in [0.1, 0.15) is 28.5 Å². The Kier molecular flexibility index (Phi) is 9.80. The molecule has 2 fully saturated rings. The third-order valence-corrected chi connectivity index (χ3v) is 10.0. The van der Waals surface area contributed by atoms with Gasteiger partial charge in [-0.25, -0.2) is 18.3 Å². The number of nitrogens with zero attached hydrogens (tertiary/aromatic N) is 8. The van der Waals surface area contributed by atoms with Gasteiger partial charge in [-0.1, -0.05) is 29.5 Å². The smallest absolute Gasteiger partial charge is 0.410 e. The van der Waals surface area contributed by atoms with Crippen LogP contribution in [-0.4, -0.2) is 96.3 Å². The number of ether oxygens (including phenoxy) is 1. The molecule has 2 saturated heterocycles. The first-order valence-electron chi connectivity index (χ1n) is 17.2. The molecule has 2 aromatic carbocycles. The van der Waals surface area contributed by atoms with Crippen molar-refractivity contribution in [2.75, 3.05) is 39.3 Å². The van der Waals surface area contributed by atoms with E-state index >= 15 is 0 Å². The van der Waals surface area contributed by atoms with Crippen LogP contribution >= 0.6 is 0 Å². The second-order valence-electron chi connectivity index (χ2n) is 14.4. The van der Waals surface area contributed by atoms with Crippen LogP contribution in [0.15, 0.2) is 54.7 Å². The number of amides is 2. The van der Waals surface area contributed by atoms with Crippen LogP contribution < -0.4 is 0 Å². The number of aromatic nitrogens is 5. The van der Waals surface area contributed by atoms with E-state index in [1.54, 1.807) is 33.8 Å². The number of piperidine rings is 1. The van der Waals surface area contributed by atoms with Gasteiger partial charge >= 0.3 is 6.09 Å². The molecule has 0 unspecified atom stereocenters. The largest absolute Gasteiger partial charge is 0.444 e. The quantitative estimate of drug-likeness (QED) is 0.257. The lowest BCUT2D eigenvalue weighted by molar-refractivity contribution is -0.146. The van der Waals surface area contributed by atoms with Crippen molar-refractivity contribution in [1.82, 2.24) is 39.5 Å². The number of carbonyl (C=O) groups is 2. The van der Waals surface area contributed by atoms with Gasteiger partial charge in [-0.05, 0) is 95.3 Å². The molecule has 2 amide bonds. The first kappa shape index (κ1) is 35.2. The van der Waals surface area contributed by atoms with Gasteiger partial charge in [0.2, 0.25) is 0 Å². The highest BCUT2D eigenvalue weighted by atomic mass is 19.1.